The van der Waals surface area contributed by atoms with Crippen LogP contribution in [0.4, 0.5) is 5.69 Å². The molecule has 1 aromatic carbocycles. The average molecular weight is 276 g/mol. The van der Waals surface area contributed by atoms with Crippen molar-refractivity contribution < 1.29 is 14.5 Å². The van der Waals surface area contributed by atoms with Crippen LogP contribution < -0.4 is 0 Å². The van der Waals surface area contributed by atoms with Gasteiger partial charge in [-0.1, -0.05) is 0 Å². The first kappa shape index (κ1) is 13.8. The van der Waals surface area contributed by atoms with E-state index in [1.165, 1.54) is 37.1 Å². The Hall–Kier alpha value is -1.27. The minimum atomic E-state index is -0.595. The zero-order chi connectivity index (χ0) is 12.8. The highest BCUT2D eigenvalue weighted by atomic mass is 35.5. The first-order valence-corrected chi connectivity index (χ1v) is 6.17. The highest BCUT2D eigenvalue weighted by Gasteiger charge is 2.17. The summed E-state index contributed by atoms with van der Waals surface area (Å²) < 4.78 is 4.50. The molecule has 0 N–H and O–H groups in total. The molecule has 5 nitrogen and oxygen atoms in total. The number of hydrogen-bond donors (Lipinski definition) is 0. The number of carbonyl (C=O) groups excluding carboxylic acids is 1. The number of alkyl halides is 1. The van der Waals surface area contributed by atoms with E-state index in [9.17, 15) is 14.9 Å². The van der Waals surface area contributed by atoms with E-state index in [4.69, 9.17) is 11.6 Å². The Labute approximate surface area is 107 Å². The summed E-state index contributed by atoms with van der Waals surface area (Å²) in [6.45, 7) is 0. The first-order chi connectivity index (χ1) is 8.10. The molecule has 0 atom stereocenters. The van der Waals surface area contributed by atoms with Gasteiger partial charge in [-0.3, -0.25) is 10.1 Å². The number of benzene rings is 1. The number of esters is 1. The van der Waals surface area contributed by atoms with E-state index in [1.54, 1.807) is 0 Å². The second-order valence-corrected chi connectivity index (χ2v) is 4.48. The molecule has 1 rings (SSSR count). The summed E-state index contributed by atoms with van der Waals surface area (Å²) in [4.78, 5) is 22.1. The number of carbonyl (C=O) groups is 1. The molecule has 0 radical (unpaired) electrons. The van der Waals surface area contributed by atoms with E-state index in [2.05, 4.69) is 4.74 Å². The molecule has 92 valence electrons. The number of thioether (sulfide) groups is 1. The van der Waals surface area contributed by atoms with Gasteiger partial charge in [0.15, 0.2) is 0 Å². The van der Waals surface area contributed by atoms with Crippen molar-refractivity contribution in [1.82, 2.24) is 0 Å². The van der Waals surface area contributed by atoms with Crippen LogP contribution >= 0.6 is 23.4 Å². The molecule has 0 amide bonds. The molecule has 0 bridgehead atoms. The average Bonchev–Trinajstić information content (AvgIpc) is 2.35. The normalized spacial score (nSPS) is 10.0. The zero-order valence-electron chi connectivity index (χ0n) is 9.01. The molecule has 0 unspecified atom stereocenters. The summed E-state index contributed by atoms with van der Waals surface area (Å²) in [5, 5.41) is 10.9. The fourth-order valence-corrected chi connectivity index (χ4v) is 2.15. The van der Waals surface area contributed by atoms with Crippen LogP contribution in [0.15, 0.2) is 23.1 Å². The Morgan fingerprint density at radius 3 is 2.82 bits per heavy atom. The largest absolute Gasteiger partial charge is 0.465 e. The quantitative estimate of drug-likeness (QED) is 0.272. The number of nitrogens with zero attached hydrogens (tertiary/aromatic N) is 1. The second kappa shape index (κ2) is 6.46. The van der Waals surface area contributed by atoms with Crippen molar-refractivity contribution in [2.75, 3.05) is 18.7 Å². The summed E-state index contributed by atoms with van der Waals surface area (Å²) >= 11 is 6.80. The predicted molar refractivity (Wildman–Crippen MR) is 65.9 cm³/mol. The molecule has 0 heterocycles. The van der Waals surface area contributed by atoms with E-state index < -0.39 is 10.9 Å². The number of nitro groups is 1. The molecule has 0 aliphatic rings. The van der Waals surface area contributed by atoms with E-state index >= 15 is 0 Å². The number of methoxy groups -OCH3 is 1. The molecular formula is C10H10ClNO4S. The third-order valence-electron chi connectivity index (χ3n) is 1.91. The van der Waals surface area contributed by atoms with Crippen LogP contribution in [0.3, 0.4) is 0 Å². The summed E-state index contributed by atoms with van der Waals surface area (Å²) in [6, 6.07) is 4.24. The minimum Gasteiger partial charge on any atom is -0.465 e. The van der Waals surface area contributed by atoms with Gasteiger partial charge in [0.2, 0.25) is 0 Å². The number of ether oxygens (including phenoxy) is 1. The van der Waals surface area contributed by atoms with Crippen LogP contribution in [-0.2, 0) is 4.74 Å². The molecule has 0 aliphatic heterocycles. The van der Waals surface area contributed by atoms with Gasteiger partial charge in [0, 0.05) is 17.7 Å². The SMILES string of the molecule is COC(=O)c1ccc(SCCCl)c([N+](=O)[O-])c1. The highest BCUT2D eigenvalue weighted by molar-refractivity contribution is 7.99. The Morgan fingerprint density at radius 1 is 1.59 bits per heavy atom. The molecule has 7 heteroatoms. The van der Waals surface area contributed by atoms with Gasteiger partial charge in [0.25, 0.3) is 5.69 Å². The van der Waals surface area contributed by atoms with E-state index in [0.717, 1.165) is 0 Å². The predicted octanol–water partition coefficient (Wildman–Crippen LogP) is 2.71. The van der Waals surface area contributed by atoms with Crippen LogP contribution in [0, 0.1) is 10.1 Å². The Kier molecular flexibility index (Phi) is 5.24. The van der Waals surface area contributed by atoms with Gasteiger partial charge in [-0.25, -0.2) is 4.79 Å². The summed E-state index contributed by atoms with van der Waals surface area (Å²) in [6.07, 6.45) is 0. The highest BCUT2D eigenvalue weighted by Crippen LogP contribution is 2.30. The number of nitro benzene ring substituents is 1. The van der Waals surface area contributed by atoms with Crippen LogP contribution in [0.2, 0.25) is 0 Å². The molecular weight excluding hydrogens is 266 g/mol. The molecule has 0 saturated heterocycles. The lowest BCUT2D eigenvalue weighted by molar-refractivity contribution is -0.387. The van der Waals surface area contributed by atoms with E-state index in [0.29, 0.717) is 16.5 Å². The molecule has 0 saturated carbocycles. The fourth-order valence-electron chi connectivity index (χ4n) is 1.18. The lowest BCUT2D eigenvalue weighted by Crippen LogP contribution is -2.02. The number of rotatable bonds is 5. The Balaban J connectivity index is 3.08. The topological polar surface area (TPSA) is 69.4 Å². The minimum absolute atomic E-state index is 0.108. The summed E-state index contributed by atoms with van der Waals surface area (Å²) in [7, 11) is 1.23. The van der Waals surface area contributed by atoms with Gasteiger partial charge in [-0.2, -0.15) is 0 Å². The van der Waals surface area contributed by atoms with Gasteiger partial charge in [0.1, 0.15) is 0 Å². The van der Waals surface area contributed by atoms with Crippen LogP contribution in [0.5, 0.6) is 0 Å². The van der Waals surface area contributed by atoms with Crippen molar-refractivity contribution in [1.29, 1.82) is 0 Å². The Morgan fingerprint density at radius 2 is 2.29 bits per heavy atom. The van der Waals surface area contributed by atoms with Crippen molar-refractivity contribution in [2.45, 2.75) is 4.90 Å². The van der Waals surface area contributed by atoms with Crippen molar-refractivity contribution in [3.63, 3.8) is 0 Å². The van der Waals surface area contributed by atoms with Gasteiger partial charge in [0.05, 0.1) is 22.5 Å². The maximum Gasteiger partial charge on any atom is 0.338 e. The zero-order valence-corrected chi connectivity index (χ0v) is 10.6. The summed E-state index contributed by atoms with van der Waals surface area (Å²) in [5.41, 5.74) is 0.0532. The van der Waals surface area contributed by atoms with Crippen molar-refractivity contribution in [2.24, 2.45) is 0 Å². The molecule has 0 aromatic heterocycles. The van der Waals surface area contributed by atoms with Crippen molar-refractivity contribution in [3.05, 3.63) is 33.9 Å². The maximum atomic E-state index is 11.2. The number of hydrogen-bond acceptors (Lipinski definition) is 5. The molecule has 17 heavy (non-hydrogen) atoms. The molecule has 0 spiro atoms. The fraction of sp³-hybridized carbons (Fsp3) is 0.300. The summed E-state index contributed by atoms with van der Waals surface area (Å²) in [5.74, 6) is 0.377. The monoisotopic (exact) mass is 275 g/mol. The van der Waals surface area contributed by atoms with Crippen LogP contribution in [0.1, 0.15) is 10.4 Å². The molecule has 1 aromatic rings. The maximum absolute atomic E-state index is 11.2. The Bertz CT molecular complexity index is 438. The third kappa shape index (κ3) is 3.61. The van der Waals surface area contributed by atoms with Crippen LogP contribution in [-0.4, -0.2) is 29.6 Å². The van der Waals surface area contributed by atoms with Gasteiger partial charge in [-0.05, 0) is 12.1 Å². The number of halogens is 1. The standard InChI is InChI=1S/C10H10ClNO4S/c1-16-10(13)7-2-3-9(17-5-4-11)8(6-7)12(14)15/h2-3,6H,4-5H2,1H3. The molecule has 0 fully saturated rings. The second-order valence-electron chi connectivity index (χ2n) is 2.97. The van der Waals surface area contributed by atoms with Crippen molar-refractivity contribution in [3.8, 4) is 0 Å². The smallest absolute Gasteiger partial charge is 0.338 e. The lowest BCUT2D eigenvalue weighted by Gasteiger charge is -2.03. The van der Waals surface area contributed by atoms with Crippen LogP contribution in [0.25, 0.3) is 0 Å². The molecule has 0 aliphatic carbocycles. The lowest BCUT2D eigenvalue weighted by atomic mass is 10.2. The van der Waals surface area contributed by atoms with E-state index in [1.807, 2.05) is 0 Å². The first-order valence-electron chi connectivity index (χ1n) is 4.65. The van der Waals surface area contributed by atoms with Gasteiger partial charge in [-0.15, -0.1) is 23.4 Å². The van der Waals surface area contributed by atoms with Gasteiger partial charge < -0.3 is 4.74 Å². The third-order valence-corrected chi connectivity index (χ3v) is 3.39. The van der Waals surface area contributed by atoms with E-state index in [-0.39, 0.29) is 11.3 Å². The van der Waals surface area contributed by atoms with Crippen molar-refractivity contribution >= 4 is 35.0 Å². The van der Waals surface area contributed by atoms with Gasteiger partial charge >= 0.3 is 5.97 Å².